The van der Waals surface area contributed by atoms with Gasteiger partial charge in [-0.1, -0.05) is 0 Å². The van der Waals surface area contributed by atoms with E-state index in [0.717, 1.165) is 12.5 Å². The van der Waals surface area contributed by atoms with Crippen molar-refractivity contribution in [2.45, 2.75) is 38.3 Å². The number of nitrogens with zero attached hydrogens (tertiary/aromatic N) is 1. The number of nitrogens with one attached hydrogen (secondary N) is 1. The smallest absolute Gasteiger partial charge is 0.307 e. The van der Waals surface area contributed by atoms with Crippen LogP contribution in [-0.2, 0) is 4.79 Å². The molecule has 0 aromatic heterocycles. The second kappa shape index (κ2) is 5.99. The maximum atomic E-state index is 11.2. The van der Waals surface area contributed by atoms with E-state index >= 15 is 0 Å². The molecular formula is C13H24N2O3. The third-order valence-corrected chi connectivity index (χ3v) is 4.25. The summed E-state index contributed by atoms with van der Waals surface area (Å²) in [5.74, 6) is -0.217. The van der Waals surface area contributed by atoms with Crippen LogP contribution in [0.1, 0.15) is 26.2 Å². The van der Waals surface area contributed by atoms with Crippen molar-refractivity contribution in [1.29, 1.82) is 0 Å². The van der Waals surface area contributed by atoms with Gasteiger partial charge in [-0.3, -0.25) is 9.69 Å². The molecule has 0 aromatic rings. The summed E-state index contributed by atoms with van der Waals surface area (Å²) in [6.07, 6.45) is 3.23. The van der Waals surface area contributed by atoms with Gasteiger partial charge in [0, 0.05) is 31.7 Å². The van der Waals surface area contributed by atoms with E-state index in [4.69, 9.17) is 5.11 Å². The Morgan fingerprint density at radius 3 is 2.72 bits per heavy atom. The molecule has 0 radical (unpaired) electrons. The lowest BCUT2D eigenvalue weighted by atomic mass is 9.92. The van der Waals surface area contributed by atoms with Crippen LogP contribution in [0, 0.1) is 11.8 Å². The normalized spacial score (nSPS) is 31.2. The van der Waals surface area contributed by atoms with E-state index in [-0.39, 0.29) is 18.6 Å². The first kappa shape index (κ1) is 13.8. The van der Waals surface area contributed by atoms with Gasteiger partial charge in [0.15, 0.2) is 0 Å². The minimum absolute atomic E-state index is 0.104. The Labute approximate surface area is 108 Å². The minimum Gasteiger partial charge on any atom is -0.481 e. The number of aliphatic hydroxyl groups is 1. The number of carboxylic acid groups (broad SMARTS) is 1. The van der Waals surface area contributed by atoms with Crippen molar-refractivity contribution in [2.24, 2.45) is 11.8 Å². The molecule has 0 spiro atoms. The number of aliphatic carboxylic acids is 1. The maximum Gasteiger partial charge on any atom is 0.307 e. The lowest BCUT2D eigenvalue weighted by Crippen LogP contribution is -2.54. The highest BCUT2D eigenvalue weighted by Crippen LogP contribution is 2.36. The molecule has 5 heteroatoms. The average Bonchev–Trinajstić information content (AvgIpc) is 3.19. The molecule has 1 aliphatic carbocycles. The molecule has 1 aliphatic heterocycles. The first-order valence-electron chi connectivity index (χ1n) is 6.93. The van der Waals surface area contributed by atoms with Crippen LogP contribution in [0.4, 0.5) is 0 Å². The number of hydrogen-bond acceptors (Lipinski definition) is 4. The first-order chi connectivity index (χ1) is 8.61. The Hall–Kier alpha value is -0.650. The molecule has 104 valence electrons. The fourth-order valence-electron chi connectivity index (χ4n) is 2.94. The van der Waals surface area contributed by atoms with E-state index in [2.05, 4.69) is 17.1 Å². The number of aliphatic hydroxyl groups excluding tert-OH is 1. The van der Waals surface area contributed by atoms with Crippen LogP contribution >= 0.6 is 0 Å². The van der Waals surface area contributed by atoms with Crippen molar-refractivity contribution in [3.8, 4) is 0 Å². The lowest BCUT2D eigenvalue weighted by molar-refractivity contribution is -0.144. The van der Waals surface area contributed by atoms with Crippen molar-refractivity contribution in [3.63, 3.8) is 0 Å². The Morgan fingerprint density at radius 2 is 2.17 bits per heavy atom. The Morgan fingerprint density at radius 1 is 1.44 bits per heavy atom. The maximum absolute atomic E-state index is 11.2. The number of hydrogen-bond donors (Lipinski definition) is 3. The van der Waals surface area contributed by atoms with Gasteiger partial charge < -0.3 is 15.5 Å². The molecule has 2 rings (SSSR count). The molecule has 0 bridgehead atoms. The van der Waals surface area contributed by atoms with Crippen molar-refractivity contribution in [3.05, 3.63) is 0 Å². The van der Waals surface area contributed by atoms with Gasteiger partial charge in [-0.2, -0.15) is 0 Å². The van der Waals surface area contributed by atoms with Crippen LogP contribution in [-0.4, -0.2) is 59.4 Å². The summed E-state index contributed by atoms with van der Waals surface area (Å²) in [5, 5.41) is 21.3. The van der Waals surface area contributed by atoms with Crippen LogP contribution in [0.3, 0.4) is 0 Å². The van der Waals surface area contributed by atoms with E-state index < -0.39 is 5.97 Å². The third-order valence-electron chi connectivity index (χ3n) is 4.25. The minimum atomic E-state index is -0.696. The van der Waals surface area contributed by atoms with Gasteiger partial charge in [0.05, 0.1) is 12.5 Å². The van der Waals surface area contributed by atoms with Crippen molar-refractivity contribution >= 4 is 5.97 Å². The quantitative estimate of drug-likeness (QED) is 0.630. The second-order valence-electron chi connectivity index (χ2n) is 5.68. The number of carbonyl (C=O) groups is 1. The van der Waals surface area contributed by atoms with Crippen molar-refractivity contribution in [2.75, 3.05) is 26.2 Å². The third kappa shape index (κ3) is 3.43. The monoisotopic (exact) mass is 256 g/mol. The largest absolute Gasteiger partial charge is 0.481 e. The summed E-state index contributed by atoms with van der Waals surface area (Å²) in [5.41, 5.74) is 0. The highest BCUT2D eigenvalue weighted by molar-refractivity contribution is 5.70. The van der Waals surface area contributed by atoms with Crippen molar-refractivity contribution < 1.29 is 15.0 Å². The zero-order chi connectivity index (χ0) is 13.1. The molecular weight excluding hydrogens is 232 g/mol. The highest BCUT2D eigenvalue weighted by atomic mass is 16.4. The Kier molecular flexibility index (Phi) is 4.59. The molecule has 3 N–H and O–H groups in total. The first-order valence-corrected chi connectivity index (χ1v) is 6.93. The number of likely N-dealkylation sites (tertiary alicyclic amines) is 1. The SMILES string of the molecule is CC(C1CC1)N1CC(NCCO)CC(C(=O)O)C1. The topological polar surface area (TPSA) is 72.8 Å². The van der Waals surface area contributed by atoms with Gasteiger partial charge in [-0.15, -0.1) is 0 Å². The molecule has 0 amide bonds. The molecule has 1 heterocycles. The molecule has 3 atom stereocenters. The zero-order valence-electron chi connectivity index (χ0n) is 11.0. The second-order valence-corrected chi connectivity index (χ2v) is 5.68. The molecule has 2 aliphatic rings. The predicted octanol–water partition coefficient (Wildman–Crippen LogP) is 0.142. The molecule has 18 heavy (non-hydrogen) atoms. The molecule has 1 saturated heterocycles. The van der Waals surface area contributed by atoms with Gasteiger partial charge >= 0.3 is 5.97 Å². The van der Waals surface area contributed by atoms with Crippen LogP contribution in [0.2, 0.25) is 0 Å². The Bertz CT molecular complexity index is 294. The zero-order valence-corrected chi connectivity index (χ0v) is 11.0. The number of carboxylic acids is 1. The van der Waals surface area contributed by atoms with Crippen molar-refractivity contribution in [1.82, 2.24) is 10.2 Å². The lowest BCUT2D eigenvalue weighted by Gasteiger charge is -2.40. The van der Waals surface area contributed by atoms with E-state index in [9.17, 15) is 9.90 Å². The van der Waals surface area contributed by atoms with Crippen LogP contribution < -0.4 is 5.32 Å². The van der Waals surface area contributed by atoms with Crippen LogP contribution in [0.5, 0.6) is 0 Å². The molecule has 0 aromatic carbocycles. The molecule has 2 fully saturated rings. The summed E-state index contributed by atoms with van der Waals surface area (Å²) in [7, 11) is 0. The van der Waals surface area contributed by atoms with E-state index in [1.54, 1.807) is 0 Å². The summed E-state index contributed by atoms with van der Waals surface area (Å²) in [6, 6.07) is 0.679. The average molecular weight is 256 g/mol. The van der Waals surface area contributed by atoms with Gasteiger partial charge in [0.2, 0.25) is 0 Å². The summed E-state index contributed by atoms with van der Waals surface area (Å²) < 4.78 is 0. The Balaban J connectivity index is 1.94. The fourth-order valence-corrected chi connectivity index (χ4v) is 2.94. The molecule has 3 unspecified atom stereocenters. The van der Waals surface area contributed by atoms with Crippen LogP contribution in [0.15, 0.2) is 0 Å². The molecule has 1 saturated carbocycles. The summed E-state index contributed by atoms with van der Waals surface area (Å²) in [4.78, 5) is 13.5. The molecule has 5 nitrogen and oxygen atoms in total. The number of piperidine rings is 1. The van der Waals surface area contributed by atoms with E-state index in [1.165, 1.54) is 12.8 Å². The number of rotatable bonds is 6. The van der Waals surface area contributed by atoms with E-state index in [0.29, 0.717) is 25.6 Å². The highest BCUT2D eigenvalue weighted by Gasteiger charge is 2.38. The van der Waals surface area contributed by atoms with Gasteiger partial charge in [0.1, 0.15) is 0 Å². The summed E-state index contributed by atoms with van der Waals surface area (Å²) in [6.45, 7) is 4.44. The van der Waals surface area contributed by atoms with Gasteiger partial charge in [0.25, 0.3) is 0 Å². The fraction of sp³-hybridized carbons (Fsp3) is 0.923. The van der Waals surface area contributed by atoms with E-state index in [1.807, 2.05) is 0 Å². The van der Waals surface area contributed by atoms with Gasteiger partial charge in [-0.25, -0.2) is 0 Å². The predicted molar refractivity (Wildman–Crippen MR) is 68.4 cm³/mol. The van der Waals surface area contributed by atoms with Gasteiger partial charge in [-0.05, 0) is 32.1 Å². The van der Waals surface area contributed by atoms with Crippen LogP contribution in [0.25, 0.3) is 0 Å². The standard InChI is InChI=1S/C13H24N2O3/c1-9(10-2-3-10)15-7-11(13(17)18)6-12(8-15)14-4-5-16/h9-12,14,16H,2-8H2,1H3,(H,17,18). The summed E-state index contributed by atoms with van der Waals surface area (Å²) >= 11 is 0.